The normalized spacial score (nSPS) is 13.5. The van der Waals surface area contributed by atoms with Crippen LogP contribution in [0, 0.1) is 5.82 Å². The molecule has 0 bridgehead atoms. The summed E-state index contributed by atoms with van der Waals surface area (Å²) in [5.41, 5.74) is 1.37. The molecule has 3 rings (SSSR count). The van der Waals surface area contributed by atoms with Gasteiger partial charge in [0.1, 0.15) is 22.5 Å². The van der Waals surface area contributed by atoms with Crippen molar-refractivity contribution >= 4 is 32.5 Å². The van der Waals surface area contributed by atoms with Crippen LogP contribution in [0.1, 0.15) is 28.2 Å². The van der Waals surface area contributed by atoms with Crippen LogP contribution in [0.5, 0.6) is 0 Å². The smallest absolute Gasteiger partial charge is 0.409 e. The van der Waals surface area contributed by atoms with Crippen LogP contribution in [-0.4, -0.2) is 56.5 Å². The first-order chi connectivity index (χ1) is 17.1. The number of nitrogens with one attached hydrogen (secondary N) is 1. The maximum absolute atomic E-state index is 13.5. The maximum Gasteiger partial charge on any atom is 0.409 e. The molecular formula is C24H27FN2O7S2. The van der Waals surface area contributed by atoms with E-state index in [1.54, 1.807) is 0 Å². The van der Waals surface area contributed by atoms with Crippen LogP contribution in [0.15, 0.2) is 65.6 Å². The van der Waals surface area contributed by atoms with Crippen molar-refractivity contribution in [1.82, 2.24) is 4.31 Å². The van der Waals surface area contributed by atoms with Crippen LogP contribution in [0.2, 0.25) is 0 Å². The zero-order chi connectivity index (χ0) is 26.3. The number of thiophene rings is 1. The topological polar surface area (TPSA) is 125 Å². The maximum atomic E-state index is 13.5. The Hall–Kier alpha value is -2.87. The van der Waals surface area contributed by atoms with Gasteiger partial charge < -0.3 is 19.7 Å². The number of carboxylic acid groups (broad SMARTS) is 1. The fraction of sp³-hybridized carbons (Fsp3) is 0.292. The first-order valence-corrected chi connectivity index (χ1v) is 13.1. The lowest BCUT2D eigenvalue weighted by Gasteiger charge is -2.24. The predicted molar refractivity (Wildman–Crippen MR) is 133 cm³/mol. The number of methoxy groups -OCH3 is 1. The third-order valence-corrected chi connectivity index (χ3v) is 8.41. The van der Waals surface area contributed by atoms with E-state index in [0.29, 0.717) is 10.4 Å². The molecule has 3 aromatic rings. The Kier molecular flexibility index (Phi) is 9.54. The number of anilines is 1. The molecular weight excluding hydrogens is 511 g/mol. The van der Waals surface area contributed by atoms with Crippen molar-refractivity contribution in [3.05, 3.63) is 82.5 Å². The summed E-state index contributed by atoms with van der Waals surface area (Å²) in [6.07, 6.45) is -3.05. The molecule has 194 valence electrons. The molecule has 2 unspecified atom stereocenters. The molecule has 9 nitrogen and oxygen atoms in total. The van der Waals surface area contributed by atoms with Crippen molar-refractivity contribution in [3.8, 4) is 0 Å². The third-order valence-electron chi connectivity index (χ3n) is 5.28. The van der Waals surface area contributed by atoms with Crippen LogP contribution in [0.3, 0.4) is 0 Å². The van der Waals surface area contributed by atoms with Gasteiger partial charge in [-0.15, -0.1) is 11.3 Å². The summed E-state index contributed by atoms with van der Waals surface area (Å²) in [6, 6.07) is 15.9. The average molecular weight is 539 g/mol. The number of aliphatic hydroxyl groups is 1. The minimum absolute atomic E-state index is 0.129. The van der Waals surface area contributed by atoms with Crippen molar-refractivity contribution in [1.29, 1.82) is 0 Å². The fourth-order valence-corrected chi connectivity index (χ4v) is 6.13. The lowest BCUT2D eigenvalue weighted by atomic mass is 10.1. The van der Waals surface area contributed by atoms with E-state index >= 15 is 0 Å². The van der Waals surface area contributed by atoms with Crippen molar-refractivity contribution in [2.24, 2.45) is 0 Å². The summed E-state index contributed by atoms with van der Waals surface area (Å²) in [5, 5.41) is 22.0. The Morgan fingerprint density at radius 2 is 1.83 bits per heavy atom. The highest BCUT2D eigenvalue weighted by Gasteiger charge is 2.31. The molecule has 3 N–H and O–H groups in total. The molecule has 36 heavy (non-hydrogen) atoms. The molecule has 0 saturated carbocycles. The van der Waals surface area contributed by atoms with Gasteiger partial charge in [-0.05, 0) is 29.3 Å². The summed E-state index contributed by atoms with van der Waals surface area (Å²) in [6.45, 7) is -0.294. The predicted octanol–water partition coefficient (Wildman–Crippen LogP) is 4.24. The van der Waals surface area contributed by atoms with E-state index in [-0.39, 0.29) is 29.7 Å². The van der Waals surface area contributed by atoms with Gasteiger partial charge in [-0.25, -0.2) is 17.6 Å². The number of rotatable bonds is 12. The Labute approximate surface area is 212 Å². The van der Waals surface area contributed by atoms with Gasteiger partial charge in [0, 0.05) is 32.0 Å². The van der Waals surface area contributed by atoms with Crippen molar-refractivity contribution in [3.63, 3.8) is 0 Å². The van der Waals surface area contributed by atoms with Crippen LogP contribution < -0.4 is 5.32 Å². The molecule has 0 fully saturated rings. The molecule has 2 aromatic carbocycles. The number of nitrogens with zero attached hydrogens (tertiary/aromatic N) is 1. The Bertz CT molecular complexity index is 1250. The molecule has 1 amide bonds. The summed E-state index contributed by atoms with van der Waals surface area (Å²) >= 11 is 0.850. The molecule has 1 heterocycles. The number of hydrogen-bond donors (Lipinski definition) is 3. The molecule has 0 spiro atoms. The molecule has 12 heteroatoms. The quantitative estimate of drug-likeness (QED) is 0.295. The minimum atomic E-state index is -4.23. The summed E-state index contributed by atoms with van der Waals surface area (Å²) < 4.78 is 52.0. The number of hydrogen-bond acceptors (Lipinski definition) is 7. The molecule has 2 atom stereocenters. The number of carbonyl (C=O) groups is 1. The van der Waals surface area contributed by atoms with Crippen molar-refractivity contribution < 1.29 is 37.3 Å². The fourth-order valence-electron chi connectivity index (χ4n) is 3.45. The molecule has 0 aliphatic rings. The van der Waals surface area contributed by atoms with Crippen LogP contribution in [0.4, 0.5) is 14.2 Å². The van der Waals surface area contributed by atoms with Gasteiger partial charge in [0.05, 0.1) is 12.2 Å². The first kappa shape index (κ1) is 27.7. The van der Waals surface area contributed by atoms with Crippen molar-refractivity contribution in [2.75, 3.05) is 32.8 Å². The second-order valence-corrected chi connectivity index (χ2v) is 11.0. The number of likely N-dealkylation sites (N-methyl/N-ethyl adjacent to an activating group) is 1. The van der Waals surface area contributed by atoms with E-state index in [1.807, 2.05) is 30.3 Å². The number of aliphatic hydroxyl groups excluding tert-OH is 1. The standard InChI is InChI=1S/C24H27FN2O7S2/c1-27(14-20(34-15-33-2)17-8-10-18(25)11-9-17)36(31,32)22-13-21(35-23(22)26-24(29)30)19(28)12-16-6-4-3-5-7-16/h3-11,13,19-20,26,28H,12,14-15H2,1-2H3,(H,29,30). The number of benzene rings is 2. The number of amides is 1. The number of ether oxygens (including phenoxy) is 2. The second-order valence-electron chi connectivity index (χ2n) is 7.88. The third kappa shape index (κ3) is 7.09. The lowest BCUT2D eigenvalue weighted by molar-refractivity contribution is -0.0763. The molecule has 0 radical (unpaired) electrons. The first-order valence-electron chi connectivity index (χ1n) is 10.8. The largest absolute Gasteiger partial charge is 0.465 e. The average Bonchev–Trinajstić information content (AvgIpc) is 3.27. The Morgan fingerprint density at radius 3 is 2.44 bits per heavy atom. The molecule has 1 aromatic heterocycles. The van der Waals surface area contributed by atoms with Gasteiger partial charge in [-0.3, -0.25) is 5.32 Å². The van der Waals surface area contributed by atoms with E-state index < -0.39 is 34.1 Å². The van der Waals surface area contributed by atoms with Crippen LogP contribution in [-0.2, 0) is 25.9 Å². The van der Waals surface area contributed by atoms with Gasteiger partial charge in [0.2, 0.25) is 10.0 Å². The van der Waals surface area contributed by atoms with Gasteiger partial charge in [-0.1, -0.05) is 42.5 Å². The zero-order valence-electron chi connectivity index (χ0n) is 19.6. The number of sulfonamides is 1. The van der Waals surface area contributed by atoms with Gasteiger partial charge in [0.15, 0.2) is 0 Å². The van der Waals surface area contributed by atoms with E-state index in [4.69, 9.17) is 9.47 Å². The molecule has 0 aliphatic heterocycles. The second kappa shape index (κ2) is 12.4. The zero-order valence-corrected chi connectivity index (χ0v) is 21.3. The van der Waals surface area contributed by atoms with E-state index in [9.17, 15) is 27.8 Å². The molecule has 0 saturated heterocycles. The monoisotopic (exact) mass is 538 g/mol. The molecule has 0 aliphatic carbocycles. The number of halogens is 1. The highest BCUT2D eigenvalue weighted by molar-refractivity contribution is 7.89. The SMILES string of the molecule is COCOC(CN(C)S(=O)(=O)c1cc(C(O)Cc2ccccc2)sc1NC(=O)O)c1ccc(F)cc1. The van der Waals surface area contributed by atoms with Gasteiger partial charge >= 0.3 is 6.09 Å². The van der Waals surface area contributed by atoms with E-state index in [1.165, 1.54) is 44.5 Å². The summed E-state index contributed by atoms with van der Waals surface area (Å²) in [7, 11) is -1.49. The summed E-state index contributed by atoms with van der Waals surface area (Å²) in [5.74, 6) is -0.450. The van der Waals surface area contributed by atoms with E-state index in [2.05, 4.69) is 5.32 Å². The van der Waals surface area contributed by atoms with Crippen molar-refractivity contribution in [2.45, 2.75) is 23.5 Å². The lowest BCUT2D eigenvalue weighted by Crippen LogP contribution is -2.32. The van der Waals surface area contributed by atoms with Gasteiger partial charge in [0.25, 0.3) is 0 Å². The van der Waals surface area contributed by atoms with E-state index in [0.717, 1.165) is 21.2 Å². The minimum Gasteiger partial charge on any atom is -0.465 e. The van der Waals surface area contributed by atoms with Gasteiger partial charge in [-0.2, -0.15) is 4.31 Å². The Balaban J connectivity index is 1.89. The summed E-state index contributed by atoms with van der Waals surface area (Å²) in [4.78, 5) is 11.4. The van der Waals surface area contributed by atoms with Crippen LogP contribution >= 0.6 is 11.3 Å². The highest BCUT2D eigenvalue weighted by atomic mass is 32.2. The highest BCUT2D eigenvalue weighted by Crippen LogP contribution is 2.38. The Morgan fingerprint density at radius 1 is 1.17 bits per heavy atom. The van der Waals surface area contributed by atoms with Crippen LogP contribution in [0.25, 0.3) is 0 Å².